The third-order valence-electron chi connectivity index (χ3n) is 1.88. The van der Waals surface area contributed by atoms with Crippen molar-refractivity contribution in [3.63, 3.8) is 0 Å². The Morgan fingerprint density at radius 2 is 2.00 bits per heavy atom. The van der Waals surface area contributed by atoms with E-state index in [1.54, 1.807) is 0 Å². The molecule has 0 amide bonds. The van der Waals surface area contributed by atoms with Crippen LogP contribution in [0.15, 0.2) is 36.0 Å². The van der Waals surface area contributed by atoms with Gasteiger partial charge in [0.1, 0.15) is 0 Å². The molecule has 0 saturated heterocycles. The summed E-state index contributed by atoms with van der Waals surface area (Å²) in [6.07, 6.45) is 9.74. The average molecular weight is 164 g/mol. The first kappa shape index (κ1) is 11.2. The van der Waals surface area contributed by atoms with E-state index in [9.17, 15) is 0 Å². The molecule has 0 nitrogen and oxygen atoms in total. The van der Waals surface area contributed by atoms with Crippen LogP contribution in [0.25, 0.3) is 0 Å². The highest BCUT2D eigenvalue weighted by Crippen LogP contribution is 2.13. The summed E-state index contributed by atoms with van der Waals surface area (Å²) in [5.74, 6) is 0. The van der Waals surface area contributed by atoms with Crippen LogP contribution < -0.4 is 0 Å². The van der Waals surface area contributed by atoms with Crippen LogP contribution in [0.5, 0.6) is 0 Å². The Hall–Kier alpha value is -0.780. The number of unbranched alkanes of at least 4 members (excludes halogenated alkanes) is 1. The van der Waals surface area contributed by atoms with Crippen molar-refractivity contribution < 1.29 is 0 Å². The summed E-state index contributed by atoms with van der Waals surface area (Å²) in [5.41, 5.74) is 2.87. The van der Waals surface area contributed by atoms with E-state index in [-0.39, 0.29) is 0 Å². The molecule has 0 radical (unpaired) electrons. The fraction of sp³-hybridized carbons (Fsp3) is 0.500. The lowest BCUT2D eigenvalue weighted by Gasteiger charge is -2.02. The molecule has 0 atom stereocenters. The molecule has 0 fully saturated rings. The van der Waals surface area contributed by atoms with Crippen LogP contribution >= 0.6 is 0 Å². The van der Waals surface area contributed by atoms with Gasteiger partial charge in [-0.2, -0.15) is 0 Å². The highest BCUT2D eigenvalue weighted by atomic mass is 14.0. The zero-order valence-electron chi connectivity index (χ0n) is 8.56. The minimum absolute atomic E-state index is 1.20. The molecule has 0 rings (SSSR count). The normalized spacial score (nSPS) is 10.2. The topological polar surface area (TPSA) is 0 Å². The molecule has 0 aliphatic heterocycles. The summed E-state index contributed by atoms with van der Waals surface area (Å²) in [4.78, 5) is 0. The van der Waals surface area contributed by atoms with Crippen LogP contribution in [0, 0.1) is 0 Å². The van der Waals surface area contributed by atoms with E-state index in [4.69, 9.17) is 0 Å². The van der Waals surface area contributed by atoms with E-state index < -0.39 is 0 Å². The van der Waals surface area contributed by atoms with Gasteiger partial charge < -0.3 is 0 Å². The Morgan fingerprint density at radius 3 is 2.42 bits per heavy atom. The van der Waals surface area contributed by atoms with Crippen molar-refractivity contribution in [1.82, 2.24) is 0 Å². The number of rotatable bonds is 5. The summed E-state index contributed by atoms with van der Waals surface area (Å²) in [6, 6.07) is 0. The Morgan fingerprint density at radius 1 is 1.33 bits per heavy atom. The molecule has 0 aliphatic carbocycles. The Balaban J connectivity index is 4.16. The maximum absolute atomic E-state index is 3.66. The third-order valence-corrected chi connectivity index (χ3v) is 1.88. The fourth-order valence-electron chi connectivity index (χ4n) is 1.05. The van der Waals surface area contributed by atoms with E-state index in [1.165, 1.54) is 30.4 Å². The second-order valence-corrected chi connectivity index (χ2v) is 3.22. The second-order valence-electron chi connectivity index (χ2n) is 3.22. The lowest BCUT2D eigenvalue weighted by Crippen LogP contribution is -1.82. The minimum Gasteiger partial charge on any atom is -0.0991 e. The van der Waals surface area contributed by atoms with Crippen molar-refractivity contribution in [2.75, 3.05) is 0 Å². The van der Waals surface area contributed by atoms with Gasteiger partial charge in [-0.15, -0.1) is 0 Å². The van der Waals surface area contributed by atoms with Crippen LogP contribution in [-0.4, -0.2) is 0 Å². The number of hydrogen-bond donors (Lipinski definition) is 0. The van der Waals surface area contributed by atoms with Gasteiger partial charge in [0.25, 0.3) is 0 Å². The first-order valence-corrected chi connectivity index (χ1v) is 4.67. The molecular formula is C12H20. The second kappa shape index (κ2) is 6.90. The van der Waals surface area contributed by atoms with E-state index in [1.807, 2.05) is 12.2 Å². The molecule has 0 heterocycles. The first-order chi connectivity index (χ1) is 5.72. The first-order valence-electron chi connectivity index (χ1n) is 4.67. The van der Waals surface area contributed by atoms with Gasteiger partial charge >= 0.3 is 0 Å². The standard InChI is InChI=1S/C12H20/c1-5-7-9-12(11(3)4)10-8-6-2/h5,7,9H,1,6,8,10H2,2-4H3/b9-7-. The molecular weight excluding hydrogens is 144 g/mol. The van der Waals surface area contributed by atoms with Crippen molar-refractivity contribution >= 4 is 0 Å². The van der Waals surface area contributed by atoms with Crippen molar-refractivity contribution in [2.45, 2.75) is 40.0 Å². The van der Waals surface area contributed by atoms with Crippen molar-refractivity contribution in [2.24, 2.45) is 0 Å². The summed E-state index contributed by atoms with van der Waals surface area (Å²) in [5, 5.41) is 0. The summed E-state index contributed by atoms with van der Waals surface area (Å²) >= 11 is 0. The monoisotopic (exact) mass is 164 g/mol. The van der Waals surface area contributed by atoms with Gasteiger partial charge in [-0.1, -0.05) is 43.7 Å². The van der Waals surface area contributed by atoms with Gasteiger partial charge in [0.15, 0.2) is 0 Å². The molecule has 0 heteroatoms. The summed E-state index contributed by atoms with van der Waals surface area (Å²) in [7, 11) is 0. The maximum Gasteiger partial charge on any atom is -0.0280 e. The Bertz CT molecular complexity index is 178. The highest BCUT2D eigenvalue weighted by molar-refractivity contribution is 5.25. The number of hydrogen-bond acceptors (Lipinski definition) is 0. The molecule has 0 aromatic carbocycles. The largest absolute Gasteiger partial charge is 0.0991 e. The molecule has 0 spiro atoms. The molecule has 0 aliphatic rings. The predicted molar refractivity (Wildman–Crippen MR) is 57.2 cm³/mol. The van der Waals surface area contributed by atoms with Crippen molar-refractivity contribution in [1.29, 1.82) is 0 Å². The summed E-state index contributed by atoms with van der Waals surface area (Å²) < 4.78 is 0. The van der Waals surface area contributed by atoms with Crippen LogP contribution in [0.4, 0.5) is 0 Å². The quantitative estimate of drug-likeness (QED) is 0.533. The van der Waals surface area contributed by atoms with Crippen LogP contribution in [0.2, 0.25) is 0 Å². The molecule has 0 bridgehead atoms. The van der Waals surface area contributed by atoms with Gasteiger partial charge in [-0.05, 0) is 32.3 Å². The molecule has 0 aromatic rings. The molecule has 12 heavy (non-hydrogen) atoms. The highest BCUT2D eigenvalue weighted by Gasteiger charge is 1.93. The van der Waals surface area contributed by atoms with Gasteiger partial charge in [-0.3, -0.25) is 0 Å². The molecule has 0 unspecified atom stereocenters. The van der Waals surface area contributed by atoms with E-state index in [0.29, 0.717) is 0 Å². The van der Waals surface area contributed by atoms with Crippen molar-refractivity contribution in [3.8, 4) is 0 Å². The van der Waals surface area contributed by atoms with Crippen LogP contribution in [0.1, 0.15) is 40.0 Å². The van der Waals surface area contributed by atoms with E-state index in [2.05, 4.69) is 33.4 Å². The number of allylic oxidation sites excluding steroid dienone is 5. The van der Waals surface area contributed by atoms with E-state index in [0.717, 1.165) is 0 Å². The zero-order valence-corrected chi connectivity index (χ0v) is 8.56. The molecule has 0 N–H and O–H groups in total. The lowest BCUT2D eigenvalue weighted by atomic mass is 10.0. The van der Waals surface area contributed by atoms with Crippen LogP contribution in [0.3, 0.4) is 0 Å². The SMILES string of the molecule is C=C/C=C\C(CCCC)=C(C)C. The molecule has 0 saturated carbocycles. The molecule has 0 aromatic heterocycles. The Labute approximate surface area is 76.7 Å². The third kappa shape index (κ3) is 4.95. The van der Waals surface area contributed by atoms with E-state index >= 15 is 0 Å². The van der Waals surface area contributed by atoms with Gasteiger partial charge in [0.2, 0.25) is 0 Å². The van der Waals surface area contributed by atoms with Gasteiger partial charge in [-0.25, -0.2) is 0 Å². The summed E-state index contributed by atoms with van der Waals surface area (Å²) in [6.45, 7) is 10.2. The predicted octanol–water partition coefficient (Wildman–Crippen LogP) is 4.26. The Kier molecular flexibility index (Phi) is 6.45. The fourth-order valence-corrected chi connectivity index (χ4v) is 1.05. The zero-order chi connectivity index (χ0) is 9.40. The lowest BCUT2D eigenvalue weighted by molar-refractivity contribution is 0.792. The smallest absolute Gasteiger partial charge is 0.0280 e. The van der Waals surface area contributed by atoms with Gasteiger partial charge in [0, 0.05) is 0 Å². The maximum atomic E-state index is 3.66. The van der Waals surface area contributed by atoms with Crippen molar-refractivity contribution in [3.05, 3.63) is 36.0 Å². The molecule has 68 valence electrons. The van der Waals surface area contributed by atoms with Crippen LogP contribution in [-0.2, 0) is 0 Å². The average Bonchev–Trinajstić information content (AvgIpc) is 2.04. The minimum atomic E-state index is 1.20. The van der Waals surface area contributed by atoms with Gasteiger partial charge in [0.05, 0.1) is 0 Å².